The maximum absolute atomic E-state index is 5.73. The second-order valence-electron chi connectivity index (χ2n) is 5.12. The van der Waals surface area contributed by atoms with Crippen molar-refractivity contribution in [1.29, 1.82) is 0 Å². The number of rotatable bonds is 3. The molecular weight excluding hydrogens is 232 g/mol. The highest BCUT2D eigenvalue weighted by atomic mass is 32.1. The molecule has 1 saturated carbocycles. The molecule has 0 amide bonds. The van der Waals surface area contributed by atoms with E-state index in [4.69, 9.17) is 9.72 Å². The SMILES string of the molecule is CNC1CCCc2nc(C3(OC)CCC3)sc21. The Labute approximate surface area is 107 Å². The van der Waals surface area contributed by atoms with E-state index in [0.29, 0.717) is 6.04 Å². The number of aryl methyl sites for hydroxylation is 1. The molecule has 1 aromatic rings. The van der Waals surface area contributed by atoms with Gasteiger partial charge in [0.1, 0.15) is 10.6 Å². The third kappa shape index (κ3) is 1.74. The molecule has 1 atom stereocenters. The first-order chi connectivity index (χ1) is 8.29. The summed E-state index contributed by atoms with van der Waals surface area (Å²) in [7, 11) is 3.88. The Kier molecular flexibility index (Phi) is 2.97. The number of nitrogens with one attached hydrogen (secondary N) is 1. The van der Waals surface area contributed by atoms with Gasteiger partial charge >= 0.3 is 0 Å². The van der Waals surface area contributed by atoms with Crippen molar-refractivity contribution < 1.29 is 4.74 Å². The lowest BCUT2D eigenvalue weighted by Gasteiger charge is -2.38. The van der Waals surface area contributed by atoms with Crippen molar-refractivity contribution in [3.63, 3.8) is 0 Å². The first kappa shape index (κ1) is 11.6. The van der Waals surface area contributed by atoms with E-state index in [9.17, 15) is 0 Å². The Hall–Kier alpha value is -0.450. The molecule has 1 unspecified atom stereocenters. The molecule has 1 aromatic heterocycles. The molecule has 2 aliphatic carbocycles. The zero-order valence-electron chi connectivity index (χ0n) is 10.6. The van der Waals surface area contributed by atoms with Crippen LogP contribution in [-0.2, 0) is 16.8 Å². The van der Waals surface area contributed by atoms with Gasteiger partial charge in [-0.25, -0.2) is 4.98 Å². The number of aromatic nitrogens is 1. The molecule has 0 radical (unpaired) electrons. The highest BCUT2D eigenvalue weighted by Crippen LogP contribution is 2.48. The Morgan fingerprint density at radius 1 is 1.41 bits per heavy atom. The fraction of sp³-hybridized carbons (Fsp3) is 0.769. The normalized spacial score (nSPS) is 26.4. The van der Waals surface area contributed by atoms with Gasteiger partial charge in [0.15, 0.2) is 0 Å². The number of hydrogen-bond acceptors (Lipinski definition) is 4. The molecule has 0 spiro atoms. The van der Waals surface area contributed by atoms with Gasteiger partial charge in [-0.3, -0.25) is 0 Å². The van der Waals surface area contributed by atoms with E-state index in [1.807, 2.05) is 18.4 Å². The number of fused-ring (bicyclic) bond motifs is 1. The molecule has 3 nitrogen and oxygen atoms in total. The van der Waals surface area contributed by atoms with Crippen molar-refractivity contribution >= 4 is 11.3 Å². The smallest absolute Gasteiger partial charge is 0.125 e. The first-order valence-electron chi connectivity index (χ1n) is 6.51. The molecule has 0 bridgehead atoms. The van der Waals surface area contributed by atoms with Crippen LogP contribution >= 0.6 is 11.3 Å². The van der Waals surface area contributed by atoms with E-state index >= 15 is 0 Å². The van der Waals surface area contributed by atoms with Crippen molar-refractivity contribution in [3.8, 4) is 0 Å². The fourth-order valence-corrected chi connectivity index (χ4v) is 4.37. The quantitative estimate of drug-likeness (QED) is 0.898. The van der Waals surface area contributed by atoms with Crippen molar-refractivity contribution in [3.05, 3.63) is 15.6 Å². The van der Waals surface area contributed by atoms with Crippen molar-refractivity contribution in [2.75, 3.05) is 14.2 Å². The van der Waals surface area contributed by atoms with Gasteiger partial charge in [-0.05, 0) is 45.6 Å². The highest BCUT2D eigenvalue weighted by Gasteiger charge is 2.42. The average molecular weight is 252 g/mol. The van der Waals surface area contributed by atoms with E-state index < -0.39 is 0 Å². The molecule has 3 rings (SSSR count). The largest absolute Gasteiger partial charge is 0.371 e. The first-order valence-corrected chi connectivity index (χ1v) is 7.33. The summed E-state index contributed by atoms with van der Waals surface area (Å²) in [6.07, 6.45) is 7.18. The van der Waals surface area contributed by atoms with Gasteiger partial charge in [-0.1, -0.05) is 0 Å². The Morgan fingerprint density at radius 2 is 2.24 bits per heavy atom. The van der Waals surface area contributed by atoms with Crippen LogP contribution in [0.1, 0.15) is 53.7 Å². The zero-order valence-corrected chi connectivity index (χ0v) is 11.4. The van der Waals surface area contributed by atoms with Gasteiger partial charge in [0.2, 0.25) is 0 Å². The van der Waals surface area contributed by atoms with Crippen molar-refractivity contribution in [1.82, 2.24) is 10.3 Å². The second kappa shape index (κ2) is 4.34. The molecule has 94 valence electrons. The molecule has 17 heavy (non-hydrogen) atoms. The predicted molar refractivity (Wildman–Crippen MR) is 69.4 cm³/mol. The monoisotopic (exact) mass is 252 g/mol. The minimum atomic E-state index is -0.0414. The van der Waals surface area contributed by atoms with Gasteiger partial charge in [-0.2, -0.15) is 0 Å². The van der Waals surface area contributed by atoms with Crippen LogP contribution in [0.5, 0.6) is 0 Å². The van der Waals surface area contributed by atoms with Crippen molar-refractivity contribution in [2.45, 2.75) is 50.2 Å². The molecular formula is C13H20N2OS. The second-order valence-corrected chi connectivity index (χ2v) is 6.15. The Morgan fingerprint density at radius 3 is 2.82 bits per heavy atom. The molecule has 1 heterocycles. The van der Waals surface area contributed by atoms with Crippen LogP contribution in [0.3, 0.4) is 0 Å². The van der Waals surface area contributed by atoms with Crippen LogP contribution in [-0.4, -0.2) is 19.1 Å². The summed E-state index contributed by atoms with van der Waals surface area (Å²) >= 11 is 1.88. The Balaban J connectivity index is 1.95. The van der Waals surface area contributed by atoms with Gasteiger partial charge < -0.3 is 10.1 Å². The van der Waals surface area contributed by atoms with Gasteiger partial charge in [0.25, 0.3) is 0 Å². The molecule has 1 N–H and O–H groups in total. The lowest BCUT2D eigenvalue weighted by atomic mass is 9.80. The van der Waals surface area contributed by atoms with Gasteiger partial charge in [-0.15, -0.1) is 11.3 Å². The molecule has 4 heteroatoms. The number of methoxy groups -OCH3 is 1. The topological polar surface area (TPSA) is 34.2 Å². The minimum Gasteiger partial charge on any atom is -0.371 e. The number of hydrogen-bond donors (Lipinski definition) is 1. The van der Waals surface area contributed by atoms with E-state index in [2.05, 4.69) is 12.4 Å². The number of nitrogens with zero attached hydrogens (tertiary/aromatic N) is 1. The van der Waals surface area contributed by atoms with E-state index in [-0.39, 0.29) is 5.60 Å². The summed E-state index contributed by atoms with van der Waals surface area (Å²) in [5, 5.41) is 4.63. The van der Waals surface area contributed by atoms with Crippen LogP contribution in [0.15, 0.2) is 0 Å². The average Bonchev–Trinajstić information content (AvgIpc) is 2.71. The van der Waals surface area contributed by atoms with Crippen LogP contribution in [0.4, 0.5) is 0 Å². The van der Waals surface area contributed by atoms with Crippen LogP contribution in [0.25, 0.3) is 0 Å². The summed E-state index contributed by atoms with van der Waals surface area (Å²) in [5.74, 6) is 0. The summed E-state index contributed by atoms with van der Waals surface area (Å²) in [6.45, 7) is 0. The maximum Gasteiger partial charge on any atom is 0.125 e. The molecule has 1 fully saturated rings. The van der Waals surface area contributed by atoms with E-state index in [0.717, 1.165) is 19.3 Å². The fourth-order valence-electron chi connectivity index (χ4n) is 2.89. The standard InChI is InChI=1S/C13H20N2OS/c1-14-9-5-3-6-10-11(9)17-12(15-10)13(16-2)7-4-8-13/h9,14H,3-8H2,1-2H3. The molecule has 0 aliphatic heterocycles. The number of ether oxygens (including phenoxy) is 1. The van der Waals surface area contributed by atoms with E-state index in [1.54, 1.807) is 0 Å². The minimum absolute atomic E-state index is 0.0414. The molecule has 0 saturated heterocycles. The lowest BCUT2D eigenvalue weighted by Crippen LogP contribution is -2.35. The summed E-state index contributed by atoms with van der Waals surface area (Å²) in [6, 6.07) is 0.513. The van der Waals surface area contributed by atoms with Gasteiger partial charge in [0, 0.05) is 18.0 Å². The zero-order chi connectivity index (χ0) is 11.9. The summed E-state index contributed by atoms with van der Waals surface area (Å²) in [5.41, 5.74) is 1.28. The predicted octanol–water partition coefficient (Wildman–Crippen LogP) is 2.77. The van der Waals surface area contributed by atoms with Crippen LogP contribution in [0.2, 0.25) is 0 Å². The summed E-state index contributed by atoms with van der Waals surface area (Å²) < 4.78 is 5.73. The van der Waals surface area contributed by atoms with Crippen molar-refractivity contribution in [2.24, 2.45) is 0 Å². The van der Waals surface area contributed by atoms with Crippen LogP contribution < -0.4 is 5.32 Å². The number of thiazole rings is 1. The Bertz CT molecular complexity index is 406. The molecule has 0 aromatic carbocycles. The third-order valence-corrected chi connectivity index (χ3v) is 5.64. The third-order valence-electron chi connectivity index (χ3n) is 4.24. The summed E-state index contributed by atoms with van der Waals surface area (Å²) in [4.78, 5) is 6.32. The van der Waals surface area contributed by atoms with Gasteiger partial charge in [0.05, 0.1) is 5.69 Å². The van der Waals surface area contributed by atoms with Crippen LogP contribution in [0, 0.1) is 0 Å². The maximum atomic E-state index is 5.73. The van der Waals surface area contributed by atoms with E-state index in [1.165, 1.54) is 34.8 Å². The highest BCUT2D eigenvalue weighted by molar-refractivity contribution is 7.12. The molecule has 2 aliphatic rings. The lowest BCUT2D eigenvalue weighted by molar-refractivity contribution is -0.0780.